The van der Waals surface area contributed by atoms with Crippen molar-refractivity contribution in [2.24, 2.45) is 0 Å². The molecule has 5 nitrogen and oxygen atoms in total. The number of unbranched alkanes of at least 4 members (excludes halogenated alkanes) is 1. The maximum Gasteiger partial charge on any atom is 0.333 e. The Morgan fingerprint density at radius 1 is 1.27 bits per heavy atom. The first-order chi connectivity index (χ1) is 11.9. The zero-order valence-electron chi connectivity index (χ0n) is 17.9. The van der Waals surface area contributed by atoms with Gasteiger partial charge in [-0.1, -0.05) is 20.8 Å². The smallest absolute Gasteiger partial charge is 0.333 e. The van der Waals surface area contributed by atoms with E-state index in [0.29, 0.717) is 25.2 Å². The molecule has 0 spiro atoms. The van der Waals surface area contributed by atoms with E-state index in [4.69, 9.17) is 18.6 Å². The van der Waals surface area contributed by atoms with Crippen molar-refractivity contribution in [3.05, 3.63) is 11.6 Å². The molecule has 6 heteroatoms. The maximum atomic E-state index is 12.2. The van der Waals surface area contributed by atoms with Gasteiger partial charge in [0.2, 0.25) is 0 Å². The molecule has 1 rings (SSSR count). The van der Waals surface area contributed by atoms with Crippen molar-refractivity contribution in [1.29, 1.82) is 0 Å². The van der Waals surface area contributed by atoms with Gasteiger partial charge in [0, 0.05) is 12.2 Å². The third-order valence-corrected chi connectivity index (χ3v) is 9.60. The number of rotatable bonds is 9. The van der Waals surface area contributed by atoms with E-state index in [2.05, 4.69) is 33.9 Å². The number of ether oxygens (including phenoxy) is 3. The van der Waals surface area contributed by atoms with Crippen LogP contribution in [0.15, 0.2) is 11.6 Å². The molecule has 0 aliphatic carbocycles. The second-order valence-electron chi connectivity index (χ2n) is 8.85. The summed E-state index contributed by atoms with van der Waals surface area (Å²) >= 11 is 0. The van der Waals surface area contributed by atoms with E-state index in [-0.39, 0.29) is 17.1 Å². The second kappa shape index (κ2) is 9.49. The first-order valence-electron chi connectivity index (χ1n) is 9.71. The van der Waals surface area contributed by atoms with Crippen molar-refractivity contribution in [3.63, 3.8) is 0 Å². The lowest BCUT2D eigenvalue weighted by molar-refractivity contribution is -0.139. The van der Waals surface area contributed by atoms with Crippen LogP contribution < -0.4 is 0 Å². The van der Waals surface area contributed by atoms with E-state index in [1.165, 1.54) is 0 Å². The lowest BCUT2D eigenvalue weighted by atomic mass is 10.1. The molecule has 1 aliphatic rings. The summed E-state index contributed by atoms with van der Waals surface area (Å²) in [6.07, 6.45) is 4.14. The first-order valence-corrected chi connectivity index (χ1v) is 12.6. The minimum atomic E-state index is -1.70. The molecule has 0 radical (unpaired) electrons. The number of carbonyl (C=O) groups excluding carboxylic acids is 1. The number of hydrogen-bond donors (Lipinski definition) is 0. The van der Waals surface area contributed by atoms with Gasteiger partial charge in [-0.15, -0.1) is 0 Å². The number of carbonyl (C=O) groups is 1. The molecule has 0 unspecified atom stereocenters. The van der Waals surface area contributed by atoms with Crippen molar-refractivity contribution in [1.82, 2.24) is 0 Å². The largest absolute Gasteiger partial charge is 0.463 e. The molecule has 0 aromatic heterocycles. The summed E-state index contributed by atoms with van der Waals surface area (Å²) < 4.78 is 22.8. The van der Waals surface area contributed by atoms with Crippen molar-refractivity contribution >= 4 is 14.3 Å². The van der Waals surface area contributed by atoms with Crippen LogP contribution in [0.3, 0.4) is 0 Å². The molecule has 0 amide bonds. The molecule has 1 heterocycles. The second-order valence-corrected chi connectivity index (χ2v) is 13.7. The van der Waals surface area contributed by atoms with E-state index in [1.807, 2.05) is 26.8 Å². The highest BCUT2D eigenvalue weighted by atomic mass is 28.4. The fourth-order valence-corrected chi connectivity index (χ4v) is 3.55. The van der Waals surface area contributed by atoms with Gasteiger partial charge in [-0.3, -0.25) is 0 Å². The van der Waals surface area contributed by atoms with Crippen molar-refractivity contribution in [2.75, 3.05) is 19.8 Å². The Morgan fingerprint density at radius 2 is 1.92 bits per heavy atom. The van der Waals surface area contributed by atoms with Gasteiger partial charge < -0.3 is 18.6 Å². The average molecular weight is 387 g/mol. The Hall–Kier alpha value is -0.693. The summed E-state index contributed by atoms with van der Waals surface area (Å²) in [6.45, 7) is 18.4. The highest BCUT2D eigenvalue weighted by Crippen LogP contribution is 2.36. The molecule has 1 atom stereocenters. The average Bonchev–Trinajstić information content (AvgIpc) is 2.83. The van der Waals surface area contributed by atoms with Crippen molar-refractivity contribution < 1.29 is 23.4 Å². The number of hydrogen-bond acceptors (Lipinski definition) is 5. The van der Waals surface area contributed by atoms with Gasteiger partial charge in [0.1, 0.15) is 6.10 Å². The standard InChI is InChI=1S/C20H38O5Si/c1-9-22-18(21)16(14-17-15-23-20(5,6)25-17)12-10-11-13-24-26(7,8)19(2,3)4/h14,17H,9-13,15H2,1-8H3/b16-14+/t17-/m1/s1. The van der Waals surface area contributed by atoms with Crippen molar-refractivity contribution in [2.45, 2.75) is 90.8 Å². The van der Waals surface area contributed by atoms with Crippen LogP contribution in [0.1, 0.15) is 60.8 Å². The summed E-state index contributed by atoms with van der Waals surface area (Å²) in [6, 6.07) is 0. The molecule has 0 bridgehead atoms. The highest BCUT2D eigenvalue weighted by molar-refractivity contribution is 6.74. The third-order valence-electron chi connectivity index (χ3n) is 5.06. The van der Waals surface area contributed by atoms with Gasteiger partial charge >= 0.3 is 5.97 Å². The van der Waals surface area contributed by atoms with Crippen LogP contribution in [0.5, 0.6) is 0 Å². The molecule has 0 N–H and O–H groups in total. The van der Waals surface area contributed by atoms with Crippen LogP contribution in [0, 0.1) is 0 Å². The molecular weight excluding hydrogens is 348 g/mol. The van der Waals surface area contributed by atoms with Crippen LogP contribution >= 0.6 is 0 Å². The van der Waals surface area contributed by atoms with Crippen LogP contribution in [0.4, 0.5) is 0 Å². The lowest BCUT2D eigenvalue weighted by Crippen LogP contribution is -2.40. The van der Waals surface area contributed by atoms with E-state index in [1.54, 1.807) is 0 Å². The highest BCUT2D eigenvalue weighted by Gasteiger charge is 2.37. The monoisotopic (exact) mass is 386 g/mol. The maximum absolute atomic E-state index is 12.2. The molecule has 1 aliphatic heterocycles. The molecule has 0 aromatic carbocycles. The topological polar surface area (TPSA) is 54.0 Å². The minimum absolute atomic E-state index is 0.201. The quantitative estimate of drug-likeness (QED) is 0.246. The molecule has 1 fully saturated rings. The zero-order valence-corrected chi connectivity index (χ0v) is 18.9. The zero-order chi connectivity index (χ0) is 20.0. The summed E-state index contributed by atoms with van der Waals surface area (Å²) in [5.41, 5.74) is 0.672. The van der Waals surface area contributed by atoms with Gasteiger partial charge in [-0.2, -0.15) is 0 Å². The van der Waals surface area contributed by atoms with E-state index in [9.17, 15) is 4.79 Å². The summed E-state index contributed by atoms with van der Waals surface area (Å²) in [5.74, 6) is -0.857. The Bertz CT molecular complexity index is 491. The van der Waals surface area contributed by atoms with E-state index in [0.717, 1.165) is 19.4 Å². The summed E-state index contributed by atoms with van der Waals surface area (Å²) in [4.78, 5) is 12.2. The molecule has 152 valence electrons. The molecule has 26 heavy (non-hydrogen) atoms. The Kier molecular flexibility index (Phi) is 8.52. The Balaban J connectivity index is 2.53. The Morgan fingerprint density at radius 3 is 2.42 bits per heavy atom. The van der Waals surface area contributed by atoms with Gasteiger partial charge in [-0.25, -0.2) is 4.79 Å². The summed E-state index contributed by atoms with van der Waals surface area (Å²) in [5, 5.41) is 0.218. The fraction of sp³-hybridized carbons (Fsp3) is 0.850. The van der Waals surface area contributed by atoms with E-state index >= 15 is 0 Å². The minimum Gasteiger partial charge on any atom is -0.463 e. The molecule has 0 saturated carbocycles. The van der Waals surface area contributed by atoms with Gasteiger partial charge in [0.25, 0.3) is 0 Å². The van der Waals surface area contributed by atoms with E-state index < -0.39 is 14.1 Å². The van der Waals surface area contributed by atoms with Crippen LogP contribution in [-0.4, -0.2) is 46.0 Å². The lowest BCUT2D eigenvalue weighted by Gasteiger charge is -2.36. The first kappa shape index (κ1) is 23.3. The SMILES string of the molecule is CCOC(=O)/C(=C/[C@@H]1COC(C)(C)O1)CCCCO[Si](C)(C)C(C)(C)C. The molecular formula is C20H38O5Si. The Labute approximate surface area is 160 Å². The van der Waals surface area contributed by atoms with Crippen LogP contribution in [-0.2, 0) is 23.4 Å². The molecule has 0 aromatic rings. The summed E-state index contributed by atoms with van der Waals surface area (Å²) in [7, 11) is -1.70. The normalized spacial score (nSPS) is 21.1. The van der Waals surface area contributed by atoms with Crippen molar-refractivity contribution in [3.8, 4) is 0 Å². The van der Waals surface area contributed by atoms with Gasteiger partial charge in [0.05, 0.1) is 13.2 Å². The third kappa shape index (κ3) is 7.51. The van der Waals surface area contributed by atoms with Gasteiger partial charge in [0.15, 0.2) is 14.1 Å². The molecule has 1 saturated heterocycles. The van der Waals surface area contributed by atoms with Crippen LogP contribution in [0.2, 0.25) is 18.1 Å². The van der Waals surface area contributed by atoms with Gasteiger partial charge in [-0.05, 0) is 64.2 Å². The van der Waals surface area contributed by atoms with Crippen LogP contribution in [0.25, 0.3) is 0 Å². The fourth-order valence-electron chi connectivity index (χ4n) is 2.46. The number of esters is 1. The predicted molar refractivity (Wildman–Crippen MR) is 107 cm³/mol. The predicted octanol–water partition coefficient (Wildman–Crippen LogP) is 4.82.